The number of rotatable bonds is 4. The van der Waals surface area contributed by atoms with Crippen LogP contribution in [0.4, 0.5) is 0 Å². The van der Waals surface area contributed by atoms with Gasteiger partial charge < -0.3 is 10.6 Å². The predicted octanol–water partition coefficient (Wildman–Crippen LogP) is 1.03. The fraction of sp³-hybridized carbons (Fsp3) is 0.900. The molecule has 0 aromatic carbocycles. The summed E-state index contributed by atoms with van der Waals surface area (Å²) in [4.78, 5) is 13.9. The quantitative estimate of drug-likeness (QED) is 0.807. The molecule has 2 atom stereocenters. The lowest BCUT2D eigenvalue weighted by Gasteiger charge is -2.34. The summed E-state index contributed by atoms with van der Waals surface area (Å²) in [6.45, 7) is 2.96. The summed E-state index contributed by atoms with van der Waals surface area (Å²) in [5.41, 5.74) is 5.89. The third-order valence-electron chi connectivity index (χ3n) is 2.60. The van der Waals surface area contributed by atoms with Crippen molar-refractivity contribution in [1.82, 2.24) is 4.90 Å². The summed E-state index contributed by atoms with van der Waals surface area (Å²) in [7, 11) is 0. The van der Waals surface area contributed by atoms with Gasteiger partial charge >= 0.3 is 0 Å². The van der Waals surface area contributed by atoms with Crippen molar-refractivity contribution in [2.75, 3.05) is 30.1 Å². The lowest BCUT2D eigenvalue weighted by molar-refractivity contribution is -0.134. The monoisotopic (exact) mass is 248 g/mol. The molecule has 1 saturated heterocycles. The molecular weight excluding hydrogens is 228 g/mol. The molecular formula is C10H20N2OS2. The molecule has 0 aromatic rings. The van der Waals surface area contributed by atoms with E-state index in [0.717, 1.165) is 30.2 Å². The van der Waals surface area contributed by atoms with Gasteiger partial charge in [-0.1, -0.05) is 0 Å². The Bertz CT molecular complexity index is 214. The van der Waals surface area contributed by atoms with E-state index in [-0.39, 0.29) is 11.9 Å². The van der Waals surface area contributed by atoms with Gasteiger partial charge in [-0.15, -0.1) is 0 Å². The highest BCUT2D eigenvalue weighted by atomic mass is 32.2. The SMILES string of the molecule is CSCC[C@@H](N)C(=O)N1CCSCC1C. The van der Waals surface area contributed by atoms with Crippen LogP contribution in [0.2, 0.25) is 0 Å². The lowest BCUT2D eigenvalue weighted by Crippen LogP contribution is -2.51. The van der Waals surface area contributed by atoms with Crippen molar-refractivity contribution >= 4 is 29.4 Å². The fourth-order valence-electron chi connectivity index (χ4n) is 1.64. The van der Waals surface area contributed by atoms with Gasteiger partial charge in [0.05, 0.1) is 6.04 Å². The van der Waals surface area contributed by atoms with Gasteiger partial charge in [0.2, 0.25) is 5.91 Å². The van der Waals surface area contributed by atoms with E-state index in [4.69, 9.17) is 5.73 Å². The summed E-state index contributed by atoms with van der Waals surface area (Å²) in [5, 5.41) is 0. The number of thioether (sulfide) groups is 2. The van der Waals surface area contributed by atoms with Gasteiger partial charge in [0, 0.05) is 24.1 Å². The van der Waals surface area contributed by atoms with Crippen LogP contribution in [-0.2, 0) is 4.79 Å². The molecule has 1 heterocycles. The molecule has 0 aliphatic carbocycles. The maximum absolute atomic E-state index is 12.0. The van der Waals surface area contributed by atoms with E-state index in [1.165, 1.54) is 0 Å². The van der Waals surface area contributed by atoms with Crippen LogP contribution < -0.4 is 5.73 Å². The van der Waals surface area contributed by atoms with Crippen LogP contribution in [-0.4, -0.2) is 52.9 Å². The third kappa shape index (κ3) is 3.89. The average Bonchev–Trinajstić information content (AvgIpc) is 2.25. The number of carbonyl (C=O) groups is 1. The van der Waals surface area contributed by atoms with Gasteiger partial charge in [-0.2, -0.15) is 23.5 Å². The highest BCUT2D eigenvalue weighted by molar-refractivity contribution is 7.99. The minimum atomic E-state index is -0.303. The summed E-state index contributed by atoms with van der Waals surface area (Å²) >= 11 is 3.65. The molecule has 5 heteroatoms. The maximum atomic E-state index is 12.0. The number of carbonyl (C=O) groups excluding carboxylic acids is 1. The van der Waals surface area contributed by atoms with Crippen LogP contribution in [0, 0.1) is 0 Å². The van der Waals surface area contributed by atoms with Gasteiger partial charge in [-0.05, 0) is 25.4 Å². The largest absolute Gasteiger partial charge is 0.337 e. The molecule has 88 valence electrons. The van der Waals surface area contributed by atoms with Crippen molar-refractivity contribution < 1.29 is 4.79 Å². The van der Waals surface area contributed by atoms with E-state index in [0.29, 0.717) is 6.04 Å². The smallest absolute Gasteiger partial charge is 0.239 e. The molecule has 1 rings (SSSR count). The molecule has 1 fully saturated rings. The molecule has 0 spiro atoms. The van der Waals surface area contributed by atoms with E-state index in [1.54, 1.807) is 11.8 Å². The van der Waals surface area contributed by atoms with Crippen LogP contribution in [0.15, 0.2) is 0 Å². The Morgan fingerprint density at radius 3 is 3.07 bits per heavy atom. The van der Waals surface area contributed by atoms with Crippen molar-refractivity contribution in [1.29, 1.82) is 0 Å². The first-order valence-electron chi connectivity index (χ1n) is 5.29. The number of nitrogens with two attached hydrogens (primary N) is 1. The van der Waals surface area contributed by atoms with Crippen molar-refractivity contribution in [3.05, 3.63) is 0 Å². The second kappa shape index (κ2) is 6.66. The van der Waals surface area contributed by atoms with E-state index in [2.05, 4.69) is 6.92 Å². The standard InChI is InChI=1S/C10H20N2OS2/c1-8-7-15-6-4-12(8)10(13)9(11)3-5-14-2/h8-9H,3-7,11H2,1-2H3/t8?,9-/m1/s1. The summed E-state index contributed by atoms with van der Waals surface area (Å²) < 4.78 is 0. The lowest BCUT2D eigenvalue weighted by atomic mass is 10.2. The molecule has 0 saturated carbocycles. The molecule has 0 radical (unpaired) electrons. The molecule has 3 nitrogen and oxygen atoms in total. The van der Waals surface area contributed by atoms with E-state index < -0.39 is 0 Å². The molecule has 1 aliphatic heterocycles. The first-order chi connectivity index (χ1) is 7.16. The van der Waals surface area contributed by atoms with E-state index >= 15 is 0 Å². The van der Waals surface area contributed by atoms with Crippen LogP contribution in [0.5, 0.6) is 0 Å². The maximum Gasteiger partial charge on any atom is 0.239 e. The summed E-state index contributed by atoms with van der Waals surface area (Å²) in [6.07, 6.45) is 2.83. The Labute approximate surface area is 101 Å². The van der Waals surface area contributed by atoms with Crippen LogP contribution in [0.3, 0.4) is 0 Å². The molecule has 15 heavy (non-hydrogen) atoms. The Hall–Kier alpha value is 0.130. The zero-order valence-electron chi connectivity index (χ0n) is 9.44. The van der Waals surface area contributed by atoms with Crippen LogP contribution in [0.1, 0.15) is 13.3 Å². The Morgan fingerprint density at radius 1 is 1.73 bits per heavy atom. The fourth-order valence-corrected chi connectivity index (χ4v) is 3.14. The van der Waals surface area contributed by atoms with Gasteiger partial charge in [-0.3, -0.25) is 4.79 Å². The second-order valence-electron chi connectivity index (χ2n) is 3.84. The van der Waals surface area contributed by atoms with Gasteiger partial charge in [0.25, 0.3) is 0 Å². The van der Waals surface area contributed by atoms with Crippen LogP contribution in [0.25, 0.3) is 0 Å². The minimum absolute atomic E-state index is 0.136. The Morgan fingerprint density at radius 2 is 2.47 bits per heavy atom. The van der Waals surface area contributed by atoms with E-state index in [9.17, 15) is 4.79 Å². The molecule has 1 amide bonds. The topological polar surface area (TPSA) is 46.3 Å². The van der Waals surface area contributed by atoms with E-state index in [1.807, 2.05) is 22.9 Å². The summed E-state index contributed by atoms with van der Waals surface area (Å²) in [5.74, 6) is 3.19. The zero-order chi connectivity index (χ0) is 11.3. The average molecular weight is 248 g/mol. The molecule has 1 aliphatic rings. The Balaban J connectivity index is 2.43. The molecule has 1 unspecified atom stereocenters. The first kappa shape index (κ1) is 13.2. The molecule has 0 aromatic heterocycles. The van der Waals surface area contributed by atoms with Crippen molar-refractivity contribution in [3.8, 4) is 0 Å². The van der Waals surface area contributed by atoms with Crippen molar-refractivity contribution in [3.63, 3.8) is 0 Å². The highest BCUT2D eigenvalue weighted by Crippen LogP contribution is 2.17. The zero-order valence-corrected chi connectivity index (χ0v) is 11.1. The second-order valence-corrected chi connectivity index (χ2v) is 5.98. The summed E-state index contributed by atoms with van der Waals surface area (Å²) in [6, 6.07) is 0.0413. The minimum Gasteiger partial charge on any atom is -0.337 e. The third-order valence-corrected chi connectivity index (χ3v) is 4.43. The normalized spacial score (nSPS) is 23.9. The molecule has 2 N–H and O–H groups in total. The number of hydrogen-bond acceptors (Lipinski definition) is 4. The van der Waals surface area contributed by atoms with Gasteiger partial charge in [0.15, 0.2) is 0 Å². The van der Waals surface area contributed by atoms with Gasteiger partial charge in [-0.25, -0.2) is 0 Å². The van der Waals surface area contributed by atoms with Gasteiger partial charge in [0.1, 0.15) is 0 Å². The van der Waals surface area contributed by atoms with Crippen molar-refractivity contribution in [2.24, 2.45) is 5.73 Å². The predicted molar refractivity (Wildman–Crippen MR) is 69.5 cm³/mol. The highest BCUT2D eigenvalue weighted by Gasteiger charge is 2.26. The van der Waals surface area contributed by atoms with Crippen LogP contribution >= 0.6 is 23.5 Å². The number of amides is 1. The Kier molecular flexibility index (Phi) is 5.86. The van der Waals surface area contributed by atoms with Crippen molar-refractivity contribution in [2.45, 2.75) is 25.4 Å². The number of nitrogens with zero attached hydrogens (tertiary/aromatic N) is 1. The number of hydrogen-bond donors (Lipinski definition) is 1. The first-order valence-corrected chi connectivity index (χ1v) is 7.84. The molecule has 0 bridgehead atoms.